The van der Waals surface area contributed by atoms with Gasteiger partial charge in [-0.25, -0.2) is 13.4 Å². The molecule has 3 N–H and O–H groups in total. The maximum Gasteiger partial charge on any atom is 0.275 e. The Kier molecular flexibility index (Phi) is 10.2. The number of aliphatic hydroxyl groups excluding tert-OH is 2. The molecule has 12 heteroatoms. The van der Waals surface area contributed by atoms with Gasteiger partial charge in [-0.15, -0.1) is 0 Å². The number of fused-ring (bicyclic) bond motifs is 1. The van der Waals surface area contributed by atoms with Gasteiger partial charge in [-0.05, 0) is 63.4 Å². The van der Waals surface area contributed by atoms with Crippen molar-refractivity contribution in [3.8, 4) is 17.1 Å². The van der Waals surface area contributed by atoms with Crippen molar-refractivity contribution < 1.29 is 23.4 Å². The fraction of sp³-hybridized carbons (Fsp3) is 0.586. The highest BCUT2D eigenvalue weighted by molar-refractivity contribution is 7.89. The number of H-pyrrole nitrogens is 1. The third kappa shape index (κ3) is 6.36. The first-order valence-electron chi connectivity index (χ1n) is 14.5. The molecule has 0 bridgehead atoms. The molecule has 1 fully saturated rings. The van der Waals surface area contributed by atoms with E-state index in [4.69, 9.17) is 9.72 Å². The molecule has 0 saturated carbocycles. The molecule has 1 aliphatic heterocycles. The standard InChI is InChI=1S/C29H43N5O6S/c1-5-8-20-17-33(7-3)27-26(20)30-28(31-29(27)37)24-16-23(9-10-25(24)40-15-6-2)41(38,39)34-18-21(11-13-35)32(4)22(19-34)12-14-36/h9-10,16-17,21-22,35-36H,5-8,11-15,18-19H2,1-4H3,(H,30,31,37)/t21-,22+. The Morgan fingerprint density at radius 2 is 1.76 bits per heavy atom. The van der Waals surface area contributed by atoms with Crippen molar-refractivity contribution in [3.05, 3.63) is 40.3 Å². The molecular weight excluding hydrogens is 546 g/mol. The first-order valence-corrected chi connectivity index (χ1v) is 16.0. The van der Waals surface area contributed by atoms with Crippen molar-refractivity contribution in [2.24, 2.45) is 0 Å². The highest BCUT2D eigenvalue weighted by atomic mass is 32.2. The van der Waals surface area contributed by atoms with Gasteiger partial charge < -0.3 is 24.5 Å². The number of aromatic nitrogens is 3. The van der Waals surface area contributed by atoms with Crippen molar-refractivity contribution >= 4 is 21.1 Å². The summed E-state index contributed by atoms with van der Waals surface area (Å²) in [5.74, 6) is 0.696. The predicted octanol–water partition coefficient (Wildman–Crippen LogP) is 2.59. The Labute approximate surface area is 241 Å². The molecule has 226 valence electrons. The Morgan fingerprint density at radius 3 is 2.34 bits per heavy atom. The number of sulfonamides is 1. The van der Waals surface area contributed by atoms with Crippen LogP contribution in [0.25, 0.3) is 22.4 Å². The van der Waals surface area contributed by atoms with Gasteiger partial charge in [0.05, 0.1) is 22.6 Å². The van der Waals surface area contributed by atoms with Crippen LogP contribution in [0.5, 0.6) is 5.75 Å². The molecule has 0 unspecified atom stereocenters. The number of benzene rings is 1. The quantitative estimate of drug-likeness (QED) is 0.276. The minimum Gasteiger partial charge on any atom is -0.493 e. The van der Waals surface area contributed by atoms with Crippen LogP contribution in [0.1, 0.15) is 52.0 Å². The van der Waals surface area contributed by atoms with Crippen LogP contribution in [-0.2, 0) is 23.0 Å². The molecule has 2 aromatic heterocycles. The number of rotatable bonds is 13. The van der Waals surface area contributed by atoms with Crippen LogP contribution in [0.3, 0.4) is 0 Å². The number of aryl methyl sites for hydroxylation is 2. The van der Waals surface area contributed by atoms with Gasteiger partial charge in [0.1, 0.15) is 17.1 Å². The summed E-state index contributed by atoms with van der Waals surface area (Å²) in [6, 6.07) is 4.30. The largest absolute Gasteiger partial charge is 0.493 e. The third-order valence-electron chi connectivity index (χ3n) is 7.87. The number of hydrogen-bond acceptors (Lipinski definition) is 8. The van der Waals surface area contributed by atoms with Gasteiger partial charge >= 0.3 is 0 Å². The molecule has 0 radical (unpaired) electrons. The highest BCUT2D eigenvalue weighted by Crippen LogP contribution is 2.34. The Bertz CT molecular complexity index is 1490. The maximum atomic E-state index is 14.0. The zero-order chi connectivity index (χ0) is 29.7. The van der Waals surface area contributed by atoms with Crippen LogP contribution in [0.2, 0.25) is 0 Å². The average Bonchev–Trinajstić information content (AvgIpc) is 3.32. The van der Waals surface area contributed by atoms with Crippen molar-refractivity contribution in [1.29, 1.82) is 0 Å². The second kappa shape index (κ2) is 13.5. The number of nitrogens with zero attached hydrogens (tertiary/aromatic N) is 4. The van der Waals surface area contributed by atoms with E-state index in [2.05, 4.69) is 11.9 Å². The molecular formula is C29H43N5O6S. The summed E-state index contributed by atoms with van der Waals surface area (Å²) in [6.07, 6.45) is 5.21. The molecule has 4 rings (SSSR count). The topological polar surface area (TPSA) is 141 Å². The number of nitrogens with one attached hydrogen (secondary N) is 1. The van der Waals surface area contributed by atoms with E-state index in [0.717, 1.165) is 24.8 Å². The highest BCUT2D eigenvalue weighted by Gasteiger charge is 2.38. The van der Waals surface area contributed by atoms with E-state index in [9.17, 15) is 23.4 Å². The summed E-state index contributed by atoms with van der Waals surface area (Å²) in [6.45, 7) is 7.38. The smallest absolute Gasteiger partial charge is 0.275 e. The number of ether oxygens (including phenoxy) is 1. The first-order chi connectivity index (χ1) is 19.7. The van der Waals surface area contributed by atoms with Crippen LogP contribution < -0.4 is 10.3 Å². The van der Waals surface area contributed by atoms with Crippen molar-refractivity contribution in [2.45, 2.75) is 76.4 Å². The molecule has 11 nitrogen and oxygen atoms in total. The van der Waals surface area contributed by atoms with Gasteiger partial charge in [0.2, 0.25) is 10.0 Å². The van der Waals surface area contributed by atoms with Crippen LogP contribution in [0.4, 0.5) is 0 Å². The van der Waals surface area contributed by atoms with Gasteiger partial charge in [-0.3, -0.25) is 9.69 Å². The number of likely N-dealkylation sites (N-methyl/N-ethyl adjacent to an activating group) is 1. The summed E-state index contributed by atoms with van der Waals surface area (Å²) in [5.41, 5.74) is 2.19. The Balaban J connectivity index is 1.83. The number of hydrogen-bond donors (Lipinski definition) is 3. The predicted molar refractivity (Wildman–Crippen MR) is 159 cm³/mol. The molecule has 0 spiro atoms. The van der Waals surface area contributed by atoms with E-state index < -0.39 is 10.0 Å². The zero-order valence-electron chi connectivity index (χ0n) is 24.5. The van der Waals surface area contributed by atoms with Crippen LogP contribution >= 0.6 is 0 Å². The van der Waals surface area contributed by atoms with Crippen molar-refractivity contribution in [2.75, 3.05) is 40.0 Å². The summed E-state index contributed by atoms with van der Waals surface area (Å²) < 4.78 is 37.3. The number of aromatic amines is 1. The van der Waals surface area contributed by atoms with Crippen LogP contribution in [-0.4, -0.2) is 94.4 Å². The van der Waals surface area contributed by atoms with Gasteiger partial charge in [-0.2, -0.15) is 4.31 Å². The average molecular weight is 590 g/mol. The molecule has 3 heterocycles. The summed E-state index contributed by atoms with van der Waals surface area (Å²) in [5, 5.41) is 19.2. The van der Waals surface area contributed by atoms with E-state index in [-0.39, 0.29) is 54.7 Å². The second-order valence-electron chi connectivity index (χ2n) is 10.6. The molecule has 3 aromatic rings. The number of piperazine rings is 1. The normalized spacial score (nSPS) is 18.8. The van der Waals surface area contributed by atoms with Gasteiger partial charge in [0.25, 0.3) is 5.56 Å². The molecule has 1 aromatic carbocycles. The van der Waals surface area contributed by atoms with Crippen molar-refractivity contribution in [1.82, 2.24) is 23.7 Å². The van der Waals surface area contributed by atoms with Crippen LogP contribution in [0.15, 0.2) is 34.1 Å². The van der Waals surface area contributed by atoms with Crippen LogP contribution in [0, 0.1) is 0 Å². The first kappa shape index (κ1) is 31.2. The fourth-order valence-corrected chi connectivity index (χ4v) is 7.17. The van der Waals surface area contributed by atoms with E-state index in [0.29, 0.717) is 48.3 Å². The lowest BCUT2D eigenvalue weighted by molar-refractivity contribution is 0.0545. The van der Waals surface area contributed by atoms with Gasteiger partial charge in [0, 0.05) is 51.1 Å². The lowest BCUT2D eigenvalue weighted by atomic mass is 10.0. The van der Waals surface area contributed by atoms with Gasteiger partial charge in [0.15, 0.2) is 0 Å². The second-order valence-corrected chi connectivity index (χ2v) is 12.6. The molecule has 1 saturated heterocycles. The zero-order valence-corrected chi connectivity index (χ0v) is 25.3. The monoisotopic (exact) mass is 589 g/mol. The summed E-state index contributed by atoms with van der Waals surface area (Å²) >= 11 is 0. The SMILES string of the molecule is CCCOc1ccc(S(=O)(=O)N2C[C@@H](CCO)N(C)[C@@H](CCO)C2)cc1-c1nc2c(CCC)cn(CC)c2c(=O)[nH]1. The van der Waals surface area contributed by atoms with Crippen molar-refractivity contribution in [3.63, 3.8) is 0 Å². The number of aliphatic hydroxyl groups is 2. The summed E-state index contributed by atoms with van der Waals surface area (Å²) in [4.78, 5) is 23.2. The van der Waals surface area contributed by atoms with E-state index in [1.54, 1.807) is 6.07 Å². The Hall–Kier alpha value is -2.77. The fourth-order valence-electron chi connectivity index (χ4n) is 5.63. The minimum atomic E-state index is -3.96. The van der Waals surface area contributed by atoms with E-state index in [1.807, 2.05) is 36.6 Å². The minimum absolute atomic E-state index is 0.0639. The molecule has 2 atom stereocenters. The molecule has 0 amide bonds. The maximum absolute atomic E-state index is 14.0. The lowest BCUT2D eigenvalue weighted by Gasteiger charge is -2.44. The Morgan fingerprint density at radius 1 is 1.07 bits per heavy atom. The molecule has 1 aliphatic rings. The molecule has 41 heavy (non-hydrogen) atoms. The van der Waals surface area contributed by atoms with Gasteiger partial charge in [-0.1, -0.05) is 20.3 Å². The third-order valence-corrected chi connectivity index (χ3v) is 9.70. The molecule has 0 aliphatic carbocycles. The van der Waals surface area contributed by atoms with E-state index >= 15 is 0 Å². The summed E-state index contributed by atoms with van der Waals surface area (Å²) in [7, 11) is -2.06. The lowest BCUT2D eigenvalue weighted by Crippen LogP contribution is -2.58. The van der Waals surface area contributed by atoms with E-state index in [1.165, 1.54) is 16.4 Å².